The van der Waals surface area contributed by atoms with E-state index < -0.39 is 17.5 Å². The highest BCUT2D eigenvalue weighted by Crippen LogP contribution is 2.22. The molecule has 110 valence electrons. The van der Waals surface area contributed by atoms with E-state index in [-0.39, 0.29) is 28.8 Å². The standard InChI is InChI=1S/C14H11ClF2N2O2/c15-10-6-9(2-3-11(10)17)21-7-14(20)19-13-5-8(16)1-4-12(13)18/h1-6H,7,18H2,(H,19,20). The van der Waals surface area contributed by atoms with Crippen LogP contribution in [-0.4, -0.2) is 12.5 Å². The van der Waals surface area contributed by atoms with Gasteiger partial charge in [0.25, 0.3) is 5.91 Å². The van der Waals surface area contributed by atoms with Gasteiger partial charge in [-0.15, -0.1) is 0 Å². The van der Waals surface area contributed by atoms with Gasteiger partial charge >= 0.3 is 0 Å². The Morgan fingerprint density at radius 2 is 2.00 bits per heavy atom. The molecule has 2 aromatic carbocycles. The summed E-state index contributed by atoms with van der Waals surface area (Å²) in [5.41, 5.74) is 5.98. The fraction of sp³-hybridized carbons (Fsp3) is 0.0714. The van der Waals surface area contributed by atoms with E-state index in [0.29, 0.717) is 0 Å². The van der Waals surface area contributed by atoms with Crippen molar-refractivity contribution in [3.8, 4) is 5.75 Å². The third-order valence-corrected chi connectivity index (χ3v) is 2.84. The van der Waals surface area contributed by atoms with Gasteiger partial charge in [0.1, 0.15) is 17.4 Å². The maximum absolute atomic E-state index is 13.0. The lowest BCUT2D eigenvalue weighted by atomic mass is 10.2. The number of anilines is 2. The Kier molecular flexibility index (Phi) is 4.59. The number of halogens is 3. The van der Waals surface area contributed by atoms with Crippen LogP contribution in [0.1, 0.15) is 0 Å². The van der Waals surface area contributed by atoms with Crippen LogP contribution in [0.25, 0.3) is 0 Å². The predicted octanol–water partition coefficient (Wildman–Crippen LogP) is 3.22. The van der Waals surface area contributed by atoms with E-state index in [1.165, 1.54) is 24.3 Å². The quantitative estimate of drug-likeness (QED) is 0.852. The van der Waals surface area contributed by atoms with Crippen molar-refractivity contribution in [2.75, 3.05) is 17.7 Å². The minimum atomic E-state index is -0.582. The number of nitrogen functional groups attached to an aromatic ring is 1. The van der Waals surface area contributed by atoms with Crippen LogP contribution in [0.2, 0.25) is 5.02 Å². The van der Waals surface area contributed by atoms with Gasteiger partial charge in [-0.1, -0.05) is 11.6 Å². The van der Waals surface area contributed by atoms with E-state index in [0.717, 1.165) is 12.1 Å². The summed E-state index contributed by atoms with van der Waals surface area (Å²) in [6.45, 7) is -0.349. The van der Waals surface area contributed by atoms with Gasteiger partial charge in [0.05, 0.1) is 16.4 Å². The van der Waals surface area contributed by atoms with Gasteiger partial charge in [0.15, 0.2) is 6.61 Å². The number of carbonyl (C=O) groups excluding carboxylic acids is 1. The van der Waals surface area contributed by atoms with Crippen molar-refractivity contribution < 1.29 is 18.3 Å². The number of nitrogens with two attached hydrogens (primary N) is 1. The molecule has 4 nitrogen and oxygen atoms in total. The van der Waals surface area contributed by atoms with Crippen LogP contribution in [0, 0.1) is 11.6 Å². The monoisotopic (exact) mass is 312 g/mol. The van der Waals surface area contributed by atoms with Crippen molar-refractivity contribution in [2.45, 2.75) is 0 Å². The Morgan fingerprint density at radius 1 is 1.24 bits per heavy atom. The molecule has 0 spiro atoms. The number of amides is 1. The van der Waals surface area contributed by atoms with Crippen LogP contribution in [0.3, 0.4) is 0 Å². The molecule has 0 aliphatic heterocycles. The van der Waals surface area contributed by atoms with Gasteiger partial charge < -0.3 is 15.8 Å². The highest BCUT2D eigenvalue weighted by atomic mass is 35.5. The highest BCUT2D eigenvalue weighted by molar-refractivity contribution is 6.30. The van der Waals surface area contributed by atoms with E-state index >= 15 is 0 Å². The molecule has 0 heterocycles. The summed E-state index contributed by atoms with van der Waals surface area (Å²) in [4.78, 5) is 11.7. The maximum atomic E-state index is 13.0. The largest absolute Gasteiger partial charge is 0.484 e. The summed E-state index contributed by atoms with van der Waals surface area (Å²) in [6.07, 6.45) is 0. The van der Waals surface area contributed by atoms with Gasteiger partial charge in [-0.2, -0.15) is 0 Å². The molecular weight excluding hydrogens is 302 g/mol. The number of rotatable bonds is 4. The minimum Gasteiger partial charge on any atom is -0.484 e. The van der Waals surface area contributed by atoms with Gasteiger partial charge in [-0.25, -0.2) is 8.78 Å². The summed E-state index contributed by atoms with van der Waals surface area (Å²) < 4.78 is 31.1. The second-order valence-corrected chi connectivity index (χ2v) is 4.55. The zero-order valence-corrected chi connectivity index (χ0v) is 11.5. The van der Waals surface area contributed by atoms with Crippen LogP contribution in [0.15, 0.2) is 36.4 Å². The molecule has 0 saturated carbocycles. The number of ether oxygens (including phenoxy) is 1. The molecule has 0 aliphatic carbocycles. The summed E-state index contributed by atoms with van der Waals surface area (Å²) in [5, 5.41) is 2.30. The average molecular weight is 313 g/mol. The van der Waals surface area contributed by atoms with Gasteiger partial charge in [-0.3, -0.25) is 4.79 Å². The molecule has 3 N–H and O–H groups in total. The summed E-state index contributed by atoms with van der Waals surface area (Å²) in [7, 11) is 0. The first kappa shape index (κ1) is 15.1. The van der Waals surface area contributed by atoms with E-state index in [2.05, 4.69) is 5.32 Å². The lowest BCUT2D eigenvalue weighted by Gasteiger charge is -2.09. The van der Waals surface area contributed by atoms with Gasteiger partial charge in [0.2, 0.25) is 0 Å². The van der Waals surface area contributed by atoms with E-state index in [1.807, 2.05) is 0 Å². The fourth-order valence-corrected chi connectivity index (χ4v) is 1.71. The van der Waals surface area contributed by atoms with Crippen LogP contribution in [0.4, 0.5) is 20.2 Å². The second-order valence-electron chi connectivity index (χ2n) is 4.14. The third kappa shape index (κ3) is 4.06. The zero-order valence-electron chi connectivity index (χ0n) is 10.7. The summed E-state index contributed by atoms with van der Waals surface area (Å²) >= 11 is 5.58. The van der Waals surface area contributed by atoms with E-state index in [1.54, 1.807) is 0 Å². The number of benzene rings is 2. The molecule has 21 heavy (non-hydrogen) atoms. The fourth-order valence-electron chi connectivity index (χ4n) is 1.54. The Morgan fingerprint density at radius 3 is 2.71 bits per heavy atom. The number of hydrogen-bond donors (Lipinski definition) is 2. The van der Waals surface area contributed by atoms with Crippen molar-refractivity contribution >= 4 is 28.9 Å². The Bertz CT molecular complexity index is 680. The lowest BCUT2D eigenvalue weighted by Crippen LogP contribution is -2.20. The molecule has 0 atom stereocenters. The molecule has 7 heteroatoms. The van der Waals surface area contributed by atoms with Crippen LogP contribution in [0.5, 0.6) is 5.75 Å². The lowest BCUT2D eigenvalue weighted by molar-refractivity contribution is -0.118. The van der Waals surface area contributed by atoms with E-state index in [4.69, 9.17) is 22.1 Å². The normalized spacial score (nSPS) is 10.2. The highest BCUT2D eigenvalue weighted by Gasteiger charge is 2.08. The van der Waals surface area contributed by atoms with Crippen LogP contribution < -0.4 is 15.8 Å². The van der Waals surface area contributed by atoms with Crippen molar-refractivity contribution in [3.63, 3.8) is 0 Å². The van der Waals surface area contributed by atoms with E-state index in [9.17, 15) is 13.6 Å². The SMILES string of the molecule is Nc1ccc(F)cc1NC(=O)COc1ccc(F)c(Cl)c1. The van der Waals surface area contributed by atoms with Crippen molar-refractivity contribution in [1.82, 2.24) is 0 Å². The number of hydrogen-bond acceptors (Lipinski definition) is 3. The van der Waals surface area contributed by atoms with Gasteiger partial charge in [-0.05, 0) is 30.3 Å². The Balaban J connectivity index is 1.95. The van der Waals surface area contributed by atoms with Crippen molar-refractivity contribution in [3.05, 3.63) is 53.1 Å². The zero-order chi connectivity index (χ0) is 15.4. The number of nitrogens with one attached hydrogen (secondary N) is 1. The second kappa shape index (κ2) is 6.41. The van der Waals surface area contributed by atoms with Crippen molar-refractivity contribution in [1.29, 1.82) is 0 Å². The Hall–Kier alpha value is -2.34. The molecule has 0 fully saturated rings. The minimum absolute atomic E-state index is 0.109. The van der Waals surface area contributed by atoms with Crippen LogP contribution in [-0.2, 0) is 4.79 Å². The molecule has 0 unspecified atom stereocenters. The first-order valence-corrected chi connectivity index (χ1v) is 6.26. The van der Waals surface area contributed by atoms with Gasteiger partial charge in [0, 0.05) is 6.07 Å². The summed E-state index contributed by atoms with van der Waals surface area (Å²) in [6, 6.07) is 7.33. The molecule has 2 rings (SSSR count). The molecule has 2 aromatic rings. The molecule has 0 aromatic heterocycles. The maximum Gasteiger partial charge on any atom is 0.262 e. The molecular formula is C14H11ClF2N2O2. The molecule has 0 saturated heterocycles. The van der Waals surface area contributed by atoms with Crippen LogP contribution >= 0.6 is 11.6 Å². The first-order chi connectivity index (χ1) is 9.95. The predicted molar refractivity (Wildman–Crippen MR) is 76.3 cm³/mol. The molecule has 0 bridgehead atoms. The first-order valence-electron chi connectivity index (χ1n) is 5.88. The molecule has 0 radical (unpaired) electrons. The smallest absolute Gasteiger partial charge is 0.262 e. The average Bonchev–Trinajstić information content (AvgIpc) is 2.44. The summed E-state index contributed by atoms with van der Waals surface area (Å²) in [5.74, 6) is -1.40. The number of carbonyl (C=O) groups is 1. The molecule has 1 amide bonds. The topological polar surface area (TPSA) is 64.3 Å². The third-order valence-electron chi connectivity index (χ3n) is 2.55. The molecule has 0 aliphatic rings. The van der Waals surface area contributed by atoms with Crippen molar-refractivity contribution in [2.24, 2.45) is 0 Å². The Labute approximate surface area is 124 Å².